The van der Waals surface area contributed by atoms with Gasteiger partial charge < -0.3 is 0 Å². The van der Waals surface area contributed by atoms with Crippen LogP contribution in [0.4, 0.5) is 0 Å². The van der Waals surface area contributed by atoms with E-state index < -0.39 is 0 Å². The Labute approximate surface area is 105 Å². The lowest BCUT2D eigenvalue weighted by Crippen LogP contribution is -1.87. The van der Waals surface area contributed by atoms with Crippen molar-refractivity contribution in [2.45, 2.75) is 65.2 Å². The lowest BCUT2D eigenvalue weighted by molar-refractivity contribution is 0.697. The fraction of sp³-hybridized carbons (Fsp3) is 1.00. The van der Waals surface area contributed by atoms with Crippen molar-refractivity contribution in [2.24, 2.45) is 0 Å². The van der Waals surface area contributed by atoms with Gasteiger partial charge in [0.2, 0.25) is 0 Å². The van der Waals surface area contributed by atoms with Crippen LogP contribution in [0.15, 0.2) is 0 Å². The van der Waals surface area contributed by atoms with Gasteiger partial charge in [-0.1, -0.05) is 63.6 Å². The van der Waals surface area contributed by atoms with Crippen LogP contribution in [0.25, 0.3) is 0 Å². The summed E-state index contributed by atoms with van der Waals surface area (Å²) in [5.74, 6) is 0. The summed E-state index contributed by atoms with van der Waals surface area (Å²) >= 11 is 6.30. The maximum atomic E-state index is 6.30. The zero-order chi connectivity index (χ0) is 10.6. The quantitative estimate of drug-likeness (QED) is 0.275. The molecule has 0 unspecified atom stereocenters. The minimum atomic E-state index is -0.142. The summed E-state index contributed by atoms with van der Waals surface area (Å²) in [6.07, 6.45) is 13.5. The first-order valence-corrected chi connectivity index (χ1v) is 8.83. The zero-order valence-corrected chi connectivity index (χ0v) is 12.1. The van der Waals surface area contributed by atoms with Crippen molar-refractivity contribution in [1.82, 2.24) is 0 Å². The third-order valence-electron chi connectivity index (χ3n) is 2.51. The molecule has 0 nitrogen and oxygen atoms in total. The second-order valence-corrected chi connectivity index (χ2v) is 7.29. The molecule has 0 aliphatic carbocycles. The van der Waals surface area contributed by atoms with Gasteiger partial charge >= 0.3 is 0 Å². The molecule has 0 saturated carbocycles. The number of halogens is 1. The van der Waals surface area contributed by atoms with Gasteiger partial charge in [0, 0.05) is 8.41 Å². The summed E-state index contributed by atoms with van der Waals surface area (Å²) in [5.41, 5.74) is 0. The molecule has 15 heavy (non-hydrogen) atoms. The molecule has 0 saturated heterocycles. The van der Waals surface area contributed by atoms with E-state index in [0.29, 0.717) is 0 Å². The summed E-state index contributed by atoms with van der Waals surface area (Å²) in [7, 11) is -0.142. The van der Waals surface area contributed by atoms with Crippen LogP contribution in [-0.2, 0) is 0 Å². The number of unbranched alkanes of at least 4 members (excludes halogenated alkanes) is 6. The second kappa shape index (κ2) is 14.8. The van der Waals surface area contributed by atoms with Gasteiger partial charge in [0.1, 0.15) is 0 Å². The van der Waals surface area contributed by atoms with Gasteiger partial charge in [-0.05, 0) is 32.4 Å². The van der Waals surface area contributed by atoms with Gasteiger partial charge in [-0.3, -0.25) is 0 Å². The zero-order valence-electron chi connectivity index (χ0n) is 10.5. The normalized spacial score (nSPS) is 10.4. The molecule has 0 aliphatic heterocycles. The maximum absolute atomic E-state index is 6.30. The van der Waals surface area contributed by atoms with Gasteiger partial charge in [0.05, 0.1) is 0 Å². The predicted octanol–water partition coefficient (Wildman–Crippen LogP) is 5.40. The Bertz CT molecular complexity index is 99.8. The highest BCUT2D eigenvalue weighted by Crippen LogP contribution is 2.43. The van der Waals surface area contributed by atoms with Gasteiger partial charge in [0.15, 0.2) is 0 Å². The molecule has 0 heterocycles. The van der Waals surface area contributed by atoms with E-state index in [9.17, 15) is 0 Å². The minimum absolute atomic E-state index is 0. The van der Waals surface area contributed by atoms with Crippen LogP contribution in [-0.4, -0.2) is 20.7 Å². The highest BCUT2D eigenvalue weighted by atomic mass is 35.7. The number of hydrogen-bond acceptors (Lipinski definition) is 0. The van der Waals surface area contributed by atoms with E-state index in [0.717, 1.165) is 0 Å². The molecule has 0 spiro atoms. The molecule has 3 heteroatoms. The standard InChI is InChI=1S/C12H26ClP.B/c1-3-5-7-9-11-14(13)12-10-8-6-4-2;/h3-12H2,1-2H3;. The van der Waals surface area contributed by atoms with Crippen molar-refractivity contribution >= 4 is 26.9 Å². The summed E-state index contributed by atoms with van der Waals surface area (Å²) in [6.45, 7) is 4.52. The predicted molar refractivity (Wildman–Crippen MR) is 76.5 cm³/mol. The van der Waals surface area contributed by atoms with Crippen LogP contribution in [0.2, 0.25) is 0 Å². The van der Waals surface area contributed by atoms with Crippen LogP contribution >= 0.6 is 18.5 Å². The second-order valence-electron chi connectivity index (χ2n) is 4.03. The lowest BCUT2D eigenvalue weighted by atomic mass is 10.2. The third-order valence-corrected chi connectivity index (χ3v) is 5.13. The van der Waals surface area contributed by atoms with Gasteiger partial charge in [0.25, 0.3) is 0 Å². The first-order valence-electron chi connectivity index (χ1n) is 6.22. The fourth-order valence-corrected chi connectivity index (χ4v) is 3.61. The molecule has 89 valence electrons. The molecule has 0 atom stereocenters. The summed E-state index contributed by atoms with van der Waals surface area (Å²) in [4.78, 5) is 0. The average Bonchev–Trinajstić information content (AvgIpc) is 2.19. The Morgan fingerprint density at radius 1 is 0.733 bits per heavy atom. The molecule has 0 fully saturated rings. The third kappa shape index (κ3) is 14.8. The van der Waals surface area contributed by atoms with Crippen LogP contribution in [0.1, 0.15) is 65.2 Å². The van der Waals surface area contributed by atoms with E-state index in [1.165, 1.54) is 63.7 Å². The Hall–Kier alpha value is 0.785. The lowest BCUT2D eigenvalue weighted by Gasteiger charge is -2.08. The molecule has 3 radical (unpaired) electrons. The summed E-state index contributed by atoms with van der Waals surface area (Å²) < 4.78 is 0. The first kappa shape index (κ1) is 18.2. The van der Waals surface area contributed by atoms with Crippen LogP contribution in [0, 0.1) is 0 Å². The molecule has 0 aromatic rings. The average molecular weight is 248 g/mol. The highest BCUT2D eigenvalue weighted by molar-refractivity contribution is 7.83. The summed E-state index contributed by atoms with van der Waals surface area (Å²) in [6, 6.07) is 0. The van der Waals surface area contributed by atoms with Gasteiger partial charge in [-0.25, -0.2) is 0 Å². The van der Waals surface area contributed by atoms with Crippen molar-refractivity contribution < 1.29 is 0 Å². The topological polar surface area (TPSA) is 0 Å². The van der Waals surface area contributed by atoms with E-state index in [4.69, 9.17) is 11.2 Å². The Kier molecular flexibility index (Phi) is 17.9. The monoisotopic (exact) mass is 247 g/mol. The Balaban J connectivity index is 0. The molecule has 0 aliphatic rings. The molecule has 0 rings (SSSR count). The van der Waals surface area contributed by atoms with E-state index in [2.05, 4.69) is 13.8 Å². The van der Waals surface area contributed by atoms with Crippen LogP contribution < -0.4 is 0 Å². The molecule has 0 aromatic carbocycles. The largest absolute Gasteiger partial charge is 0.0964 e. The summed E-state index contributed by atoms with van der Waals surface area (Å²) in [5, 5.41) is 0. The van der Waals surface area contributed by atoms with E-state index in [1.807, 2.05) is 0 Å². The van der Waals surface area contributed by atoms with Crippen molar-refractivity contribution in [3.8, 4) is 0 Å². The first-order chi connectivity index (χ1) is 6.81. The van der Waals surface area contributed by atoms with E-state index >= 15 is 0 Å². The van der Waals surface area contributed by atoms with E-state index in [1.54, 1.807) is 0 Å². The van der Waals surface area contributed by atoms with Crippen molar-refractivity contribution in [3.63, 3.8) is 0 Å². The van der Waals surface area contributed by atoms with Gasteiger partial charge in [-0.2, -0.15) is 0 Å². The molecule has 0 aromatic heterocycles. The maximum Gasteiger partial charge on any atom is 0 e. The highest BCUT2D eigenvalue weighted by Gasteiger charge is 2.02. The fourth-order valence-electron chi connectivity index (χ4n) is 1.53. The number of hydrogen-bond donors (Lipinski definition) is 0. The van der Waals surface area contributed by atoms with Crippen molar-refractivity contribution in [2.75, 3.05) is 12.3 Å². The van der Waals surface area contributed by atoms with Crippen LogP contribution in [0.5, 0.6) is 0 Å². The Morgan fingerprint density at radius 3 is 1.47 bits per heavy atom. The van der Waals surface area contributed by atoms with E-state index in [-0.39, 0.29) is 15.7 Å². The number of rotatable bonds is 10. The van der Waals surface area contributed by atoms with Crippen LogP contribution in [0.3, 0.4) is 0 Å². The molecular formula is C12H26BClP. The SMILES string of the molecule is CCCCCCP(Cl)CCCCCC.[B]. The Morgan fingerprint density at radius 2 is 1.13 bits per heavy atom. The minimum Gasteiger partial charge on any atom is -0.0964 e. The van der Waals surface area contributed by atoms with Gasteiger partial charge in [-0.15, -0.1) is 0 Å². The molecular weight excluding hydrogens is 221 g/mol. The van der Waals surface area contributed by atoms with Crippen molar-refractivity contribution in [1.29, 1.82) is 0 Å². The van der Waals surface area contributed by atoms with Crippen molar-refractivity contribution in [3.05, 3.63) is 0 Å². The molecule has 0 amide bonds. The molecule has 0 N–H and O–H groups in total. The smallest absolute Gasteiger partial charge is 0 e. The molecule has 0 bridgehead atoms.